The fourth-order valence-corrected chi connectivity index (χ4v) is 3.16. The zero-order valence-corrected chi connectivity index (χ0v) is 17.4. The zero-order valence-electron chi connectivity index (χ0n) is 17.4. The van der Waals surface area contributed by atoms with Crippen molar-refractivity contribution in [3.63, 3.8) is 0 Å². The van der Waals surface area contributed by atoms with Crippen molar-refractivity contribution in [2.45, 2.75) is 19.4 Å². The first-order chi connectivity index (χ1) is 14.7. The van der Waals surface area contributed by atoms with Gasteiger partial charge in [-0.1, -0.05) is 54.6 Å². The van der Waals surface area contributed by atoms with Crippen molar-refractivity contribution in [1.29, 1.82) is 0 Å². The molecule has 3 aromatic carbocycles. The monoisotopic (exact) mass is 405 g/mol. The van der Waals surface area contributed by atoms with Crippen LogP contribution in [0.25, 0.3) is 0 Å². The van der Waals surface area contributed by atoms with E-state index in [1.54, 1.807) is 14.2 Å². The smallest absolute Gasteiger partial charge is 0.224 e. The Morgan fingerprint density at radius 3 is 2.30 bits per heavy atom. The normalized spacial score (nSPS) is 10.3. The van der Waals surface area contributed by atoms with Gasteiger partial charge >= 0.3 is 0 Å². The van der Waals surface area contributed by atoms with Gasteiger partial charge in [0.1, 0.15) is 12.4 Å². The van der Waals surface area contributed by atoms with Gasteiger partial charge in [0.2, 0.25) is 5.91 Å². The van der Waals surface area contributed by atoms with Crippen molar-refractivity contribution in [3.05, 3.63) is 89.5 Å². The van der Waals surface area contributed by atoms with Crippen molar-refractivity contribution in [2.24, 2.45) is 0 Å². The number of carbonyl (C=O) groups excluding carboxylic acids is 1. The Morgan fingerprint density at radius 2 is 1.53 bits per heavy atom. The summed E-state index contributed by atoms with van der Waals surface area (Å²) < 4.78 is 16.7. The highest BCUT2D eigenvalue weighted by Gasteiger charge is 2.09. The first-order valence-corrected chi connectivity index (χ1v) is 9.92. The summed E-state index contributed by atoms with van der Waals surface area (Å²) in [5.41, 5.74) is 3.03. The third kappa shape index (κ3) is 6.01. The molecule has 0 saturated carbocycles. The average Bonchev–Trinajstić information content (AvgIpc) is 2.79. The van der Waals surface area contributed by atoms with Crippen LogP contribution in [0.5, 0.6) is 17.2 Å². The van der Waals surface area contributed by atoms with Crippen LogP contribution in [0.15, 0.2) is 72.8 Å². The van der Waals surface area contributed by atoms with Crippen LogP contribution in [0.3, 0.4) is 0 Å². The van der Waals surface area contributed by atoms with Crippen molar-refractivity contribution in [2.75, 3.05) is 20.8 Å². The van der Waals surface area contributed by atoms with Crippen LogP contribution in [-0.4, -0.2) is 26.7 Å². The van der Waals surface area contributed by atoms with Gasteiger partial charge in [-0.2, -0.15) is 0 Å². The Kier molecular flexibility index (Phi) is 7.72. The van der Waals surface area contributed by atoms with Crippen LogP contribution < -0.4 is 19.5 Å². The molecule has 0 aliphatic carbocycles. The third-order valence-corrected chi connectivity index (χ3v) is 4.74. The lowest BCUT2D eigenvalue weighted by Crippen LogP contribution is -2.27. The van der Waals surface area contributed by atoms with Crippen LogP contribution in [0.1, 0.15) is 16.7 Å². The van der Waals surface area contributed by atoms with Crippen LogP contribution in [0.2, 0.25) is 0 Å². The molecular weight excluding hydrogens is 378 g/mol. The summed E-state index contributed by atoms with van der Waals surface area (Å²) >= 11 is 0. The molecule has 0 spiro atoms. The van der Waals surface area contributed by atoms with Gasteiger partial charge in [-0.25, -0.2) is 0 Å². The SMILES string of the molecule is COc1ccccc1CC(=O)NCCc1ccc(OC)c(OCc2ccccc2)c1. The molecule has 0 heterocycles. The van der Waals surface area contributed by atoms with Crippen LogP contribution in [0, 0.1) is 0 Å². The summed E-state index contributed by atoms with van der Waals surface area (Å²) in [5, 5.41) is 2.97. The van der Waals surface area contributed by atoms with Crippen LogP contribution in [-0.2, 0) is 24.2 Å². The van der Waals surface area contributed by atoms with Gasteiger partial charge in [0.15, 0.2) is 11.5 Å². The van der Waals surface area contributed by atoms with E-state index in [1.165, 1.54) is 0 Å². The molecule has 156 valence electrons. The minimum atomic E-state index is -0.0337. The van der Waals surface area contributed by atoms with Crippen molar-refractivity contribution in [3.8, 4) is 17.2 Å². The molecule has 0 atom stereocenters. The van der Waals surface area contributed by atoms with E-state index >= 15 is 0 Å². The molecule has 0 aliphatic rings. The second-order valence-corrected chi connectivity index (χ2v) is 6.85. The lowest BCUT2D eigenvalue weighted by molar-refractivity contribution is -0.120. The van der Waals surface area contributed by atoms with Gasteiger partial charge in [-0.15, -0.1) is 0 Å². The zero-order chi connectivity index (χ0) is 21.2. The molecule has 1 N–H and O–H groups in total. The van der Waals surface area contributed by atoms with E-state index < -0.39 is 0 Å². The molecule has 30 heavy (non-hydrogen) atoms. The molecule has 1 amide bonds. The summed E-state index contributed by atoms with van der Waals surface area (Å²) in [7, 11) is 3.24. The molecule has 3 rings (SSSR count). The number of para-hydroxylation sites is 1. The second kappa shape index (κ2) is 10.9. The van der Waals surface area contributed by atoms with Crippen molar-refractivity contribution >= 4 is 5.91 Å². The van der Waals surface area contributed by atoms with Gasteiger partial charge in [-0.3, -0.25) is 4.79 Å². The number of hydrogen-bond donors (Lipinski definition) is 1. The van der Waals surface area contributed by atoms with Crippen LogP contribution >= 0.6 is 0 Å². The number of ether oxygens (including phenoxy) is 3. The Labute approximate surface area is 177 Å². The molecule has 0 radical (unpaired) electrons. The number of amides is 1. The molecule has 0 aromatic heterocycles. The maximum Gasteiger partial charge on any atom is 0.224 e. The maximum atomic E-state index is 12.3. The van der Waals surface area contributed by atoms with Gasteiger partial charge in [0, 0.05) is 12.1 Å². The summed E-state index contributed by atoms with van der Waals surface area (Å²) in [6, 6.07) is 23.4. The fraction of sp³-hybridized carbons (Fsp3) is 0.240. The van der Waals surface area contributed by atoms with E-state index in [-0.39, 0.29) is 12.3 Å². The predicted molar refractivity (Wildman–Crippen MR) is 117 cm³/mol. The highest BCUT2D eigenvalue weighted by atomic mass is 16.5. The average molecular weight is 405 g/mol. The number of rotatable bonds is 10. The van der Waals surface area contributed by atoms with Crippen molar-refractivity contribution in [1.82, 2.24) is 5.32 Å². The van der Waals surface area contributed by atoms with Gasteiger partial charge < -0.3 is 19.5 Å². The topological polar surface area (TPSA) is 56.8 Å². The molecule has 0 bridgehead atoms. The second-order valence-electron chi connectivity index (χ2n) is 6.85. The largest absolute Gasteiger partial charge is 0.496 e. The number of benzene rings is 3. The first kappa shape index (κ1) is 21.2. The third-order valence-electron chi connectivity index (χ3n) is 4.74. The number of carbonyl (C=O) groups is 1. The molecule has 0 saturated heterocycles. The Hall–Kier alpha value is -3.47. The highest BCUT2D eigenvalue weighted by molar-refractivity contribution is 5.79. The minimum absolute atomic E-state index is 0.0337. The van der Waals surface area contributed by atoms with Crippen LogP contribution in [0.4, 0.5) is 0 Å². The van der Waals surface area contributed by atoms with E-state index in [1.807, 2.05) is 72.8 Å². The maximum absolute atomic E-state index is 12.3. The van der Waals surface area contributed by atoms with Gasteiger partial charge in [0.25, 0.3) is 0 Å². The molecule has 0 fully saturated rings. The molecule has 0 unspecified atom stereocenters. The van der Waals surface area contributed by atoms with Gasteiger partial charge in [-0.05, 0) is 35.7 Å². The van der Waals surface area contributed by atoms with Crippen molar-refractivity contribution < 1.29 is 19.0 Å². The lowest BCUT2D eigenvalue weighted by Gasteiger charge is -2.13. The first-order valence-electron chi connectivity index (χ1n) is 9.92. The summed E-state index contributed by atoms with van der Waals surface area (Å²) in [4.78, 5) is 12.3. The Balaban J connectivity index is 1.54. The highest BCUT2D eigenvalue weighted by Crippen LogP contribution is 2.29. The Morgan fingerprint density at radius 1 is 0.800 bits per heavy atom. The summed E-state index contributed by atoms with van der Waals surface area (Å²) in [6.45, 7) is 1.01. The molecule has 5 heteroatoms. The number of nitrogens with one attached hydrogen (secondary N) is 1. The molecular formula is C25H27NO4. The number of hydrogen-bond acceptors (Lipinski definition) is 4. The van der Waals surface area contributed by atoms with E-state index in [9.17, 15) is 4.79 Å². The lowest BCUT2D eigenvalue weighted by atomic mass is 10.1. The predicted octanol–water partition coefficient (Wildman–Crippen LogP) is 4.18. The van der Waals surface area contributed by atoms with Gasteiger partial charge in [0.05, 0.1) is 20.6 Å². The van der Waals surface area contributed by atoms with E-state index in [4.69, 9.17) is 14.2 Å². The molecule has 3 aromatic rings. The Bertz CT molecular complexity index is 956. The fourth-order valence-electron chi connectivity index (χ4n) is 3.16. The van der Waals surface area contributed by atoms with E-state index in [2.05, 4.69) is 5.32 Å². The quantitative estimate of drug-likeness (QED) is 0.550. The summed E-state index contributed by atoms with van der Waals surface area (Å²) in [6.07, 6.45) is 0.988. The molecule has 0 aliphatic heterocycles. The minimum Gasteiger partial charge on any atom is -0.496 e. The van der Waals surface area contributed by atoms with E-state index in [0.29, 0.717) is 31.1 Å². The number of methoxy groups -OCH3 is 2. The van der Waals surface area contributed by atoms with E-state index in [0.717, 1.165) is 22.4 Å². The summed E-state index contributed by atoms with van der Waals surface area (Å²) in [5.74, 6) is 2.07. The standard InChI is InChI=1S/C25H27NO4/c1-28-22-11-7-6-10-21(22)17-25(27)26-15-14-19-12-13-23(29-2)24(16-19)30-18-20-8-4-3-5-9-20/h3-13,16H,14-15,17-18H2,1-2H3,(H,26,27). The molecule has 5 nitrogen and oxygen atoms in total.